The van der Waals surface area contributed by atoms with E-state index in [2.05, 4.69) is 35.2 Å². The Hall–Kier alpha value is -0.820. The summed E-state index contributed by atoms with van der Waals surface area (Å²) in [6, 6.07) is 11.9. The molecule has 1 unspecified atom stereocenters. The molecule has 1 aliphatic heterocycles. The van der Waals surface area contributed by atoms with Crippen LogP contribution in [0.15, 0.2) is 30.3 Å². The highest BCUT2D eigenvalue weighted by atomic mass is 15.2. The fraction of sp³-hybridized carbons (Fsp3) is 0.684. The number of hydrogen-bond acceptors (Lipinski definition) is 1. The summed E-state index contributed by atoms with van der Waals surface area (Å²) in [7, 11) is 0. The number of hydrogen-bond donors (Lipinski definition) is 0. The summed E-state index contributed by atoms with van der Waals surface area (Å²) >= 11 is 0. The molecular weight excluding hydrogens is 242 g/mol. The average Bonchev–Trinajstić information content (AvgIpc) is 3.04. The van der Waals surface area contributed by atoms with Gasteiger partial charge in [0.25, 0.3) is 0 Å². The Morgan fingerprint density at radius 2 is 1.60 bits per heavy atom. The van der Waals surface area contributed by atoms with Gasteiger partial charge in [0.1, 0.15) is 0 Å². The van der Waals surface area contributed by atoms with Crippen LogP contribution in [-0.4, -0.2) is 24.0 Å². The second-order valence-corrected chi connectivity index (χ2v) is 6.73. The molecule has 1 nitrogen and oxygen atoms in total. The zero-order valence-electron chi connectivity index (χ0n) is 12.8. The molecule has 0 radical (unpaired) electrons. The minimum absolute atomic E-state index is 0.859. The Kier molecular flexibility index (Phi) is 5.13. The van der Waals surface area contributed by atoms with Crippen molar-refractivity contribution in [3.63, 3.8) is 0 Å². The largest absolute Gasteiger partial charge is 0.300 e. The van der Waals surface area contributed by atoms with Crippen LogP contribution in [0.5, 0.6) is 0 Å². The summed E-state index contributed by atoms with van der Waals surface area (Å²) in [4.78, 5) is 2.82. The summed E-state index contributed by atoms with van der Waals surface area (Å²) in [5.74, 6) is 0.977. The van der Waals surface area contributed by atoms with Gasteiger partial charge >= 0.3 is 0 Å². The lowest BCUT2D eigenvalue weighted by molar-refractivity contribution is 0.134. The maximum Gasteiger partial charge on any atom is 0.0127 e. The number of benzene rings is 1. The summed E-state index contributed by atoms with van der Waals surface area (Å²) in [5.41, 5.74) is 1.52. The van der Waals surface area contributed by atoms with Crippen LogP contribution in [0.25, 0.3) is 0 Å². The Morgan fingerprint density at radius 3 is 2.30 bits per heavy atom. The fourth-order valence-electron chi connectivity index (χ4n) is 4.27. The molecule has 1 aliphatic carbocycles. The van der Waals surface area contributed by atoms with Crippen LogP contribution in [-0.2, 0) is 6.42 Å². The van der Waals surface area contributed by atoms with E-state index in [1.807, 2.05) is 0 Å². The average molecular weight is 271 g/mol. The first-order valence-electron chi connectivity index (χ1n) is 8.71. The molecule has 1 aromatic rings. The SMILES string of the molecule is c1ccc(CCC(C2CCCCC2)N2CCCC2)cc1. The maximum absolute atomic E-state index is 2.82. The summed E-state index contributed by atoms with van der Waals surface area (Å²) in [6.07, 6.45) is 12.9. The lowest BCUT2D eigenvalue weighted by Gasteiger charge is -2.37. The Labute approximate surface area is 124 Å². The van der Waals surface area contributed by atoms with Crippen LogP contribution in [0.2, 0.25) is 0 Å². The topological polar surface area (TPSA) is 3.24 Å². The van der Waals surface area contributed by atoms with Gasteiger partial charge in [0.05, 0.1) is 0 Å². The molecule has 0 aromatic heterocycles. The van der Waals surface area contributed by atoms with Crippen LogP contribution in [0, 0.1) is 5.92 Å². The van der Waals surface area contributed by atoms with Gasteiger partial charge in [0.2, 0.25) is 0 Å². The molecule has 1 saturated carbocycles. The molecule has 1 saturated heterocycles. The van der Waals surface area contributed by atoms with Crippen LogP contribution >= 0.6 is 0 Å². The minimum atomic E-state index is 0.859. The summed E-state index contributed by atoms with van der Waals surface area (Å²) in [5, 5.41) is 0. The monoisotopic (exact) mass is 271 g/mol. The van der Waals surface area contributed by atoms with Crippen molar-refractivity contribution in [3.05, 3.63) is 35.9 Å². The van der Waals surface area contributed by atoms with E-state index in [1.54, 1.807) is 0 Å². The van der Waals surface area contributed by atoms with Crippen LogP contribution in [0.3, 0.4) is 0 Å². The highest BCUT2D eigenvalue weighted by Crippen LogP contribution is 2.32. The molecule has 3 rings (SSSR count). The fourth-order valence-corrected chi connectivity index (χ4v) is 4.27. The van der Waals surface area contributed by atoms with Crippen molar-refractivity contribution in [2.24, 2.45) is 5.92 Å². The molecular formula is C19H29N. The third-order valence-corrected chi connectivity index (χ3v) is 5.38. The van der Waals surface area contributed by atoms with E-state index < -0.39 is 0 Å². The zero-order valence-corrected chi connectivity index (χ0v) is 12.8. The van der Waals surface area contributed by atoms with Gasteiger partial charge < -0.3 is 4.90 Å². The highest BCUT2D eigenvalue weighted by Gasteiger charge is 2.29. The quantitative estimate of drug-likeness (QED) is 0.752. The van der Waals surface area contributed by atoms with E-state index in [4.69, 9.17) is 0 Å². The minimum Gasteiger partial charge on any atom is -0.300 e. The van der Waals surface area contributed by atoms with Crippen molar-refractivity contribution in [3.8, 4) is 0 Å². The van der Waals surface area contributed by atoms with Gasteiger partial charge in [0, 0.05) is 6.04 Å². The van der Waals surface area contributed by atoms with Crippen molar-refractivity contribution >= 4 is 0 Å². The molecule has 1 atom stereocenters. The van der Waals surface area contributed by atoms with E-state index in [0.717, 1.165) is 12.0 Å². The Balaban J connectivity index is 1.62. The first kappa shape index (κ1) is 14.1. The molecule has 1 heteroatoms. The van der Waals surface area contributed by atoms with Gasteiger partial charge in [-0.05, 0) is 63.1 Å². The molecule has 0 spiro atoms. The standard InChI is InChI=1S/C19H29N/c1-3-9-17(10-4-1)13-14-19(20-15-7-8-16-20)18-11-5-2-6-12-18/h1,3-4,9-10,18-19H,2,5-8,11-16H2. The van der Waals surface area contributed by atoms with Crippen LogP contribution < -0.4 is 0 Å². The number of likely N-dealkylation sites (tertiary alicyclic amines) is 1. The zero-order chi connectivity index (χ0) is 13.6. The Bertz CT molecular complexity index is 374. The number of rotatable bonds is 5. The van der Waals surface area contributed by atoms with Crippen molar-refractivity contribution in [1.29, 1.82) is 0 Å². The molecule has 1 heterocycles. The second-order valence-electron chi connectivity index (χ2n) is 6.73. The van der Waals surface area contributed by atoms with Gasteiger partial charge in [-0.2, -0.15) is 0 Å². The lowest BCUT2D eigenvalue weighted by Crippen LogP contribution is -2.40. The van der Waals surface area contributed by atoms with Crippen molar-refractivity contribution < 1.29 is 0 Å². The van der Waals surface area contributed by atoms with Gasteiger partial charge in [0.15, 0.2) is 0 Å². The van der Waals surface area contributed by atoms with E-state index in [-0.39, 0.29) is 0 Å². The Morgan fingerprint density at radius 1 is 0.900 bits per heavy atom. The lowest BCUT2D eigenvalue weighted by atomic mass is 9.81. The van der Waals surface area contributed by atoms with Gasteiger partial charge in [-0.15, -0.1) is 0 Å². The molecule has 0 N–H and O–H groups in total. The van der Waals surface area contributed by atoms with E-state index in [9.17, 15) is 0 Å². The third-order valence-electron chi connectivity index (χ3n) is 5.38. The molecule has 0 amide bonds. The van der Waals surface area contributed by atoms with E-state index >= 15 is 0 Å². The smallest absolute Gasteiger partial charge is 0.0127 e. The van der Waals surface area contributed by atoms with Gasteiger partial charge in [-0.1, -0.05) is 49.6 Å². The second kappa shape index (κ2) is 7.26. The predicted molar refractivity (Wildman–Crippen MR) is 85.9 cm³/mol. The third kappa shape index (κ3) is 3.63. The molecule has 0 bridgehead atoms. The van der Waals surface area contributed by atoms with Crippen molar-refractivity contribution in [1.82, 2.24) is 4.90 Å². The van der Waals surface area contributed by atoms with E-state index in [1.165, 1.54) is 76.4 Å². The van der Waals surface area contributed by atoms with Crippen LogP contribution in [0.4, 0.5) is 0 Å². The molecule has 1 aromatic carbocycles. The number of nitrogens with zero attached hydrogens (tertiary/aromatic N) is 1. The van der Waals surface area contributed by atoms with Crippen molar-refractivity contribution in [2.75, 3.05) is 13.1 Å². The normalized spacial score (nSPS) is 23.0. The van der Waals surface area contributed by atoms with Crippen molar-refractivity contribution in [2.45, 2.75) is 63.8 Å². The molecule has 110 valence electrons. The number of aryl methyl sites for hydroxylation is 1. The van der Waals surface area contributed by atoms with E-state index in [0.29, 0.717) is 0 Å². The van der Waals surface area contributed by atoms with Crippen LogP contribution in [0.1, 0.15) is 56.9 Å². The first-order chi connectivity index (χ1) is 9.93. The molecule has 20 heavy (non-hydrogen) atoms. The first-order valence-corrected chi connectivity index (χ1v) is 8.71. The summed E-state index contributed by atoms with van der Waals surface area (Å²) < 4.78 is 0. The predicted octanol–water partition coefficient (Wildman–Crippen LogP) is 4.66. The maximum atomic E-state index is 2.82. The molecule has 2 fully saturated rings. The van der Waals surface area contributed by atoms with Gasteiger partial charge in [-0.3, -0.25) is 0 Å². The van der Waals surface area contributed by atoms with Gasteiger partial charge in [-0.25, -0.2) is 0 Å². The summed E-state index contributed by atoms with van der Waals surface area (Å²) in [6.45, 7) is 2.71. The highest BCUT2D eigenvalue weighted by molar-refractivity contribution is 5.15. The molecule has 2 aliphatic rings.